The first-order chi connectivity index (χ1) is 10.9. The molecule has 23 heavy (non-hydrogen) atoms. The Morgan fingerprint density at radius 3 is 2.78 bits per heavy atom. The van der Waals surface area contributed by atoms with Gasteiger partial charge in [0.15, 0.2) is 11.6 Å². The standard InChI is InChI=1S/C16H19FN2O3S/c1-16(21,14-4-3-7-23-14)10-19-15(20)18-9-11-5-6-13(22-2)12(17)8-11/h3-8,21H,9-10H2,1-2H3,(H2,18,19,20). The van der Waals surface area contributed by atoms with Crippen molar-refractivity contribution in [2.45, 2.75) is 19.1 Å². The highest BCUT2D eigenvalue weighted by Crippen LogP contribution is 2.24. The molecule has 5 nitrogen and oxygen atoms in total. The molecule has 0 saturated heterocycles. The van der Waals surface area contributed by atoms with Gasteiger partial charge >= 0.3 is 6.03 Å². The van der Waals surface area contributed by atoms with Crippen molar-refractivity contribution in [1.29, 1.82) is 0 Å². The quantitative estimate of drug-likeness (QED) is 0.758. The molecule has 0 radical (unpaired) electrons. The molecule has 0 bridgehead atoms. The molecule has 2 aromatic rings. The van der Waals surface area contributed by atoms with Crippen LogP contribution in [-0.4, -0.2) is 24.8 Å². The summed E-state index contributed by atoms with van der Waals surface area (Å²) in [6.45, 7) is 1.89. The van der Waals surface area contributed by atoms with Gasteiger partial charge in [0.05, 0.1) is 13.7 Å². The van der Waals surface area contributed by atoms with Crippen LogP contribution in [0.15, 0.2) is 35.7 Å². The van der Waals surface area contributed by atoms with Crippen LogP contribution < -0.4 is 15.4 Å². The largest absolute Gasteiger partial charge is 0.494 e. The SMILES string of the molecule is COc1ccc(CNC(=O)NCC(C)(O)c2cccs2)cc1F. The van der Waals surface area contributed by atoms with Gasteiger partial charge in [-0.2, -0.15) is 0 Å². The molecule has 3 N–H and O–H groups in total. The van der Waals surface area contributed by atoms with Crippen LogP contribution in [0.2, 0.25) is 0 Å². The minimum atomic E-state index is -1.13. The number of halogens is 1. The highest BCUT2D eigenvalue weighted by Gasteiger charge is 2.24. The second-order valence-electron chi connectivity index (χ2n) is 5.26. The Morgan fingerprint density at radius 1 is 1.39 bits per heavy atom. The number of nitrogens with one attached hydrogen (secondary N) is 2. The van der Waals surface area contributed by atoms with Crippen LogP contribution in [0.4, 0.5) is 9.18 Å². The first-order valence-electron chi connectivity index (χ1n) is 7.03. The minimum absolute atomic E-state index is 0.0797. The maximum absolute atomic E-state index is 13.6. The van der Waals surface area contributed by atoms with Gasteiger partial charge in [-0.05, 0) is 36.1 Å². The molecule has 7 heteroatoms. The summed E-state index contributed by atoms with van der Waals surface area (Å²) in [5.41, 5.74) is -0.513. The van der Waals surface area contributed by atoms with E-state index in [1.165, 1.54) is 30.6 Å². The predicted octanol–water partition coefficient (Wildman–Crippen LogP) is 2.60. The molecule has 1 unspecified atom stereocenters. The molecular weight excluding hydrogens is 319 g/mol. The molecule has 1 heterocycles. The van der Waals surface area contributed by atoms with E-state index in [0.29, 0.717) is 5.56 Å². The zero-order chi connectivity index (χ0) is 16.9. The van der Waals surface area contributed by atoms with E-state index >= 15 is 0 Å². The molecule has 1 aromatic carbocycles. The Bertz CT molecular complexity index is 659. The highest BCUT2D eigenvalue weighted by molar-refractivity contribution is 7.10. The lowest BCUT2D eigenvalue weighted by atomic mass is 10.1. The van der Waals surface area contributed by atoms with Crippen molar-refractivity contribution in [3.05, 3.63) is 52.0 Å². The van der Waals surface area contributed by atoms with Crippen LogP contribution in [0.5, 0.6) is 5.75 Å². The van der Waals surface area contributed by atoms with E-state index in [4.69, 9.17) is 4.74 Å². The molecule has 124 valence electrons. The number of carbonyl (C=O) groups is 1. The number of hydrogen-bond acceptors (Lipinski definition) is 4. The van der Waals surface area contributed by atoms with Gasteiger partial charge in [0.1, 0.15) is 5.60 Å². The molecule has 1 atom stereocenters. The van der Waals surface area contributed by atoms with Crippen molar-refractivity contribution in [2.75, 3.05) is 13.7 Å². The summed E-state index contributed by atoms with van der Waals surface area (Å²) in [5.74, 6) is -0.321. The third-order valence-electron chi connectivity index (χ3n) is 3.31. The van der Waals surface area contributed by atoms with E-state index in [9.17, 15) is 14.3 Å². The van der Waals surface area contributed by atoms with E-state index in [1.807, 2.05) is 17.5 Å². The Hall–Kier alpha value is -2.12. The lowest BCUT2D eigenvalue weighted by molar-refractivity contribution is 0.0631. The van der Waals surface area contributed by atoms with Crippen LogP contribution in [0.1, 0.15) is 17.4 Å². The molecular formula is C16H19FN2O3S. The van der Waals surface area contributed by atoms with E-state index < -0.39 is 17.4 Å². The third-order valence-corrected chi connectivity index (χ3v) is 4.44. The monoisotopic (exact) mass is 338 g/mol. The predicted molar refractivity (Wildman–Crippen MR) is 87.1 cm³/mol. The van der Waals surface area contributed by atoms with Crippen molar-refractivity contribution < 1.29 is 19.0 Å². The zero-order valence-electron chi connectivity index (χ0n) is 12.9. The first-order valence-corrected chi connectivity index (χ1v) is 7.91. The molecule has 0 aliphatic carbocycles. The van der Waals surface area contributed by atoms with Crippen molar-refractivity contribution in [3.8, 4) is 5.75 Å². The molecule has 0 aliphatic rings. The van der Waals surface area contributed by atoms with Gasteiger partial charge in [-0.3, -0.25) is 0 Å². The van der Waals surface area contributed by atoms with E-state index in [0.717, 1.165) is 4.88 Å². The number of thiophene rings is 1. The smallest absolute Gasteiger partial charge is 0.315 e. The van der Waals surface area contributed by atoms with Crippen molar-refractivity contribution in [2.24, 2.45) is 0 Å². The second kappa shape index (κ2) is 7.43. The molecule has 0 saturated carbocycles. The Kier molecular flexibility index (Phi) is 5.57. The number of rotatable bonds is 6. The lowest BCUT2D eigenvalue weighted by Crippen LogP contribution is -2.42. The lowest BCUT2D eigenvalue weighted by Gasteiger charge is -2.22. The topological polar surface area (TPSA) is 70.6 Å². The van der Waals surface area contributed by atoms with Crippen LogP contribution in [-0.2, 0) is 12.1 Å². The van der Waals surface area contributed by atoms with Gasteiger partial charge in [0, 0.05) is 11.4 Å². The number of hydrogen-bond donors (Lipinski definition) is 3. The van der Waals surface area contributed by atoms with E-state index in [2.05, 4.69) is 10.6 Å². The third kappa shape index (κ3) is 4.67. The van der Waals surface area contributed by atoms with Gasteiger partial charge in [-0.15, -0.1) is 11.3 Å². The molecule has 2 amide bonds. The summed E-state index contributed by atoms with van der Waals surface area (Å²) in [6, 6.07) is 7.70. The van der Waals surface area contributed by atoms with Crippen LogP contribution in [0.3, 0.4) is 0 Å². The van der Waals surface area contributed by atoms with E-state index in [1.54, 1.807) is 13.0 Å². The molecule has 0 spiro atoms. The second-order valence-corrected chi connectivity index (χ2v) is 6.20. The average molecular weight is 338 g/mol. The molecule has 1 aromatic heterocycles. The van der Waals surface area contributed by atoms with Crippen LogP contribution in [0, 0.1) is 5.82 Å². The number of benzene rings is 1. The van der Waals surface area contributed by atoms with Crippen molar-refractivity contribution in [1.82, 2.24) is 10.6 Å². The highest BCUT2D eigenvalue weighted by atomic mass is 32.1. The van der Waals surface area contributed by atoms with Gasteiger partial charge in [0.25, 0.3) is 0 Å². The van der Waals surface area contributed by atoms with Gasteiger partial charge in [-0.1, -0.05) is 12.1 Å². The molecule has 0 fully saturated rings. The van der Waals surface area contributed by atoms with Crippen LogP contribution in [0.25, 0.3) is 0 Å². The minimum Gasteiger partial charge on any atom is -0.494 e. The summed E-state index contributed by atoms with van der Waals surface area (Å²) in [7, 11) is 1.39. The van der Waals surface area contributed by atoms with Crippen molar-refractivity contribution >= 4 is 17.4 Å². The fraction of sp³-hybridized carbons (Fsp3) is 0.312. The summed E-state index contributed by atoms with van der Waals surface area (Å²) >= 11 is 1.42. The Balaban J connectivity index is 1.82. The number of amides is 2. The zero-order valence-corrected chi connectivity index (χ0v) is 13.7. The Morgan fingerprint density at radius 2 is 2.17 bits per heavy atom. The number of aliphatic hydroxyl groups is 1. The van der Waals surface area contributed by atoms with Crippen LogP contribution >= 0.6 is 11.3 Å². The summed E-state index contributed by atoms with van der Waals surface area (Å²) in [4.78, 5) is 12.6. The van der Waals surface area contributed by atoms with Gasteiger partial charge < -0.3 is 20.5 Å². The number of methoxy groups -OCH3 is 1. The number of ether oxygens (including phenoxy) is 1. The fourth-order valence-corrected chi connectivity index (χ4v) is 2.78. The van der Waals surface area contributed by atoms with E-state index in [-0.39, 0.29) is 18.8 Å². The number of urea groups is 1. The summed E-state index contributed by atoms with van der Waals surface area (Å²) in [6.07, 6.45) is 0. The van der Waals surface area contributed by atoms with Crippen molar-refractivity contribution in [3.63, 3.8) is 0 Å². The summed E-state index contributed by atoms with van der Waals surface area (Å²) in [5, 5.41) is 17.4. The normalized spacial score (nSPS) is 13.2. The average Bonchev–Trinajstić information content (AvgIpc) is 3.06. The first kappa shape index (κ1) is 17.2. The van der Waals surface area contributed by atoms with Gasteiger partial charge in [0.2, 0.25) is 0 Å². The van der Waals surface area contributed by atoms with Gasteiger partial charge in [-0.25, -0.2) is 9.18 Å². The fourth-order valence-electron chi connectivity index (χ4n) is 1.99. The summed E-state index contributed by atoms with van der Waals surface area (Å²) < 4.78 is 18.4. The molecule has 2 rings (SSSR count). The Labute approximate surface area is 138 Å². The maximum Gasteiger partial charge on any atom is 0.315 e. The maximum atomic E-state index is 13.6. The number of carbonyl (C=O) groups excluding carboxylic acids is 1. The molecule has 0 aliphatic heterocycles.